The zero-order valence-electron chi connectivity index (χ0n) is 15.9. The van der Waals surface area contributed by atoms with Gasteiger partial charge in [0.25, 0.3) is 11.8 Å². The summed E-state index contributed by atoms with van der Waals surface area (Å²) in [6, 6.07) is 13.9. The summed E-state index contributed by atoms with van der Waals surface area (Å²) in [6.45, 7) is 2.49. The van der Waals surface area contributed by atoms with Crippen molar-refractivity contribution >= 4 is 5.91 Å². The summed E-state index contributed by atoms with van der Waals surface area (Å²) in [5.41, 5.74) is 2.10. The number of carbonyl (C=O) groups is 1. The number of ether oxygens (including phenoxy) is 2. The predicted octanol–water partition coefficient (Wildman–Crippen LogP) is 4.55. The smallest absolute Gasteiger partial charge is 0.259 e. The van der Waals surface area contributed by atoms with E-state index < -0.39 is 29.3 Å². The molecule has 30 heavy (non-hydrogen) atoms. The molecule has 0 fully saturated rings. The number of aromatic nitrogens is 1. The van der Waals surface area contributed by atoms with E-state index in [0.29, 0.717) is 5.56 Å². The molecule has 0 radical (unpaired) electrons. The number of hydrogen-bond acceptors (Lipinski definition) is 6. The third-order valence-electron chi connectivity index (χ3n) is 3.75. The van der Waals surface area contributed by atoms with Crippen LogP contribution in [0.5, 0.6) is 29.0 Å². The second-order valence-electron chi connectivity index (χ2n) is 6.05. The van der Waals surface area contributed by atoms with Gasteiger partial charge in [-0.05, 0) is 37.3 Å². The van der Waals surface area contributed by atoms with Crippen LogP contribution in [0.1, 0.15) is 18.1 Å². The molecule has 152 valence electrons. The summed E-state index contributed by atoms with van der Waals surface area (Å²) in [5.74, 6) is -2.92. The van der Waals surface area contributed by atoms with Crippen molar-refractivity contribution < 1.29 is 27.9 Å². The highest BCUT2D eigenvalue weighted by Gasteiger charge is 2.21. The molecule has 0 spiro atoms. The molecule has 9 heteroatoms. The molecule has 0 bridgehead atoms. The summed E-state index contributed by atoms with van der Waals surface area (Å²) >= 11 is 0. The molecule has 1 aromatic heterocycles. The third-order valence-corrected chi connectivity index (χ3v) is 3.75. The lowest BCUT2D eigenvalue weighted by Gasteiger charge is -2.13. The molecule has 3 aromatic rings. The third kappa shape index (κ3) is 4.80. The van der Waals surface area contributed by atoms with Gasteiger partial charge in [-0.15, -0.1) is 0 Å². The van der Waals surface area contributed by atoms with Crippen molar-refractivity contribution in [3.63, 3.8) is 0 Å². The number of nitrogens with zero attached hydrogens (tertiary/aromatic N) is 2. The van der Waals surface area contributed by atoms with Gasteiger partial charge < -0.3 is 14.3 Å². The van der Waals surface area contributed by atoms with Gasteiger partial charge in [0, 0.05) is 18.6 Å². The fourth-order valence-electron chi connectivity index (χ4n) is 2.33. The average molecular weight is 411 g/mol. The van der Waals surface area contributed by atoms with Gasteiger partial charge in [0.15, 0.2) is 17.4 Å². The quantitative estimate of drug-likeness (QED) is 0.598. The molecule has 3 rings (SSSR count). The first-order valence-electron chi connectivity index (χ1n) is 8.62. The normalized spacial score (nSPS) is 10.1. The summed E-state index contributed by atoms with van der Waals surface area (Å²) in [4.78, 5) is 19.8. The molecule has 2 aromatic carbocycles. The van der Waals surface area contributed by atoms with Gasteiger partial charge in [0.2, 0.25) is 5.91 Å². The van der Waals surface area contributed by atoms with Gasteiger partial charge in [-0.25, -0.2) is 8.78 Å². The second-order valence-corrected chi connectivity index (χ2v) is 6.05. The predicted molar refractivity (Wildman–Crippen MR) is 101 cm³/mol. The zero-order valence-corrected chi connectivity index (χ0v) is 15.9. The van der Waals surface area contributed by atoms with Crippen LogP contribution >= 0.6 is 0 Å². The van der Waals surface area contributed by atoms with E-state index in [4.69, 9.17) is 19.6 Å². The molecule has 0 atom stereocenters. The van der Waals surface area contributed by atoms with Crippen LogP contribution < -0.4 is 19.8 Å². The standard InChI is InChI=1S/C21H15F2N3O4/c1-12-18(22)20(28-15-6-3-5-14(9-15)11-24)25-21(19(12)23)29-16-7-4-8-17(10-16)30-26-13(2)27/h3-10H,1-2H3,(H,26,27). The van der Waals surface area contributed by atoms with Crippen molar-refractivity contribution in [2.75, 3.05) is 0 Å². The lowest BCUT2D eigenvalue weighted by Crippen LogP contribution is -2.23. The number of carbonyl (C=O) groups excluding carboxylic acids is 1. The molecule has 0 saturated heterocycles. The van der Waals surface area contributed by atoms with E-state index in [1.54, 1.807) is 24.3 Å². The minimum atomic E-state index is -1.00. The highest BCUT2D eigenvalue weighted by atomic mass is 19.1. The van der Waals surface area contributed by atoms with Crippen molar-refractivity contribution in [2.24, 2.45) is 0 Å². The van der Waals surface area contributed by atoms with E-state index in [0.717, 1.165) is 0 Å². The first-order chi connectivity index (χ1) is 14.4. The van der Waals surface area contributed by atoms with E-state index in [1.165, 1.54) is 38.1 Å². The van der Waals surface area contributed by atoms with Gasteiger partial charge in [-0.3, -0.25) is 4.79 Å². The van der Waals surface area contributed by atoms with Crippen LogP contribution in [0.4, 0.5) is 8.78 Å². The number of halogens is 2. The van der Waals surface area contributed by atoms with Crippen LogP contribution in [0.15, 0.2) is 48.5 Å². The number of nitriles is 1. The molecule has 1 N–H and O–H groups in total. The summed E-state index contributed by atoms with van der Waals surface area (Å²) < 4.78 is 39.8. The Bertz CT molecular complexity index is 1150. The Hall–Kier alpha value is -4.19. The maximum atomic E-state index is 14.5. The minimum absolute atomic E-state index is 0.132. The van der Waals surface area contributed by atoms with Crippen LogP contribution in [-0.2, 0) is 4.79 Å². The monoisotopic (exact) mass is 411 g/mol. The Labute approximate surface area is 170 Å². The molecule has 0 saturated carbocycles. The van der Waals surface area contributed by atoms with Crippen LogP contribution in [0.2, 0.25) is 0 Å². The zero-order chi connectivity index (χ0) is 21.7. The van der Waals surface area contributed by atoms with Crippen molar-refractivity contribution in [3.05, 3.63) is 71.3 Å². The molecule has 7 nitrogen and oxygen atoms in total. The average Bonchev–Trinajstić information content (AvgIpc) is 2.74. The molecular weight excluding hydrogens is 396 g/mol. The summed E-state index contributed by atoms with van der Waals surface area (Å²) in [5, 5.41) is 8.96. The van der Waals surface area contributed by atoms with Gasteiger partial charge >= 0.3 is 0 Å². The number of benzene rings is 2. The van der Waals surface area contributed by atoms with Gasteiger partial charge in [0.1, 0.15) is 11.5 Å². The van der Waals surface area contributed by atoms with Crippen LogP contribution in [0, 0.1) is 29.9 Å². The molecular formula is C21H15F2N3O4. The molecule has 1 heterocycles. The largest absolute Gasteiger partial charge is 0.436 e. The van der Waals surface area contributed by atoms with Gasteiger partial charge in [0.05, 0.1) is 11.6 Å². The van der Waals surface area contributed by atoms with Crippen LogP contribution in [0.25, 0.3) is 0 Å². The van der Waals surface area contributed by atoms with Gasteiger partial charge in [-0.1, -0.05) is 12.1 Å². The fraction of sp³-hybridized carbons (Fsp3) is 0.0952. The van der Waals surface area contributed by atoms with Crippen molar-refractivity contribution in [2.45, 2.75) is 13.8 Å². The van der Waals surface area contributed by atoms with E-state index in [2.05, 4.69) is 10.5 Å². The Morgan fingerprint density at radius 3 is 2.17 bits per heavy atom. The number of rotatable bonds is 6. The summed E-state index contributed by atoms with van der Waals surface area (Å²) in [7, 11) is 0. The molecule has 0 unspecified atom stereocenters. The summed E-state index contributed by atoms with van der Waals surface area (Å²) in [6.07, 6.45) is 0. The Morgan fingerprint density at radius 2 is 1.57 bits per heavy atom. The molecule has 0 aliphatic carbocycles. The maximum absolute atomic E-state index is 14.5. The maximum Gasteiger partial charge on any atom is 0.259 e. The number of hydroxylamine groups is 1. The first kappa shape index (κ1) is 20.5. The Kier molecular flexibility index (Phi) is 6.08. The molecule has 0 aliphatic rings. The number of pyridine rings is 1. The van der Waals surface area contributed by atoms with Crippen molar-refractivity contribution in [1.82, 2.24) is 10.5 Å². The Morgan fingerprint density at radius 1 is 1.00 bits per heavy atom. The minimum Gasteiger partial charge on any atom is -0.436 e. The first-order valence-corrected chi connectivity index (χ1v) is 8.62. The van der Waals surface area contributed by atoms with E-state index in [1.807, 2.05) is 6.07 Å². The lowest BCUT2D eigenvalue weighted by molar-refractivity contribution is -0.125. The van der Waals surface area contributed by atoms with Gasteiger partial charge in [-0.2, -0.15) is 15.7 Å². The molecule has 1 amide bonds. The Balaban J connectivity index is 1.89. The topological polar surface area (TPSA) is 93.5 Å². The lowest BCUT2D eigenvalue weighted by atomic mass is 10.2. The van der Waals surface area contributed by atoms with Crippen molar-refractivity contribution in [1.29, 1.82) is 5.26 Å². The number of nitrogens with one attached hydrogen (secondary N) is 1. The van der Waals surface area contributed by atoms with E-state index in [9.17, 15) is 13.6 Å². The highest BCUT2D eigenvalue weighted by Crippen LogP contribution is 2.33. The SMILES string of the molecule is CC(=O)NOc1cccc(Oc2nc(Oc3cccc(C#N)c3)c(F)c(C)c2F)c1. The van der Waals surface area contributed by atoms with E-state index in [-0.39, 0.29) is 22.8 Å². The number of amides is 1. The van der Waals surface area contributed by atoms with E-state index >= 15 is 0 Å². The van der Waals surface area contributed by atoms with Crippen molar-refractivity contribution in [3.8, 4) is 35.1 Å². The second kappa shape index (κ2) is 8.87. The number of hydrogen-bond donors (Lipinski definition) is 1. The highest BCUT2D eigenvalue weighted by molar-refractivity contribution is 5.71. The van der Waals surface area contributed by atoms with Crippen LogP contribution in [0.3, 0.4) is 0 Å². The fourth-order valence-corrected chi connectivity index (χ4v) is 2.33. The molecule has 0 aliphatic heterocycles. The van der Waals surface area contributed by atoms with Crippen LogP contribution in [-0.4, -0.2) is 10.9 Å².